The van der Waals surface area contributed by atoms with Gasteiger partial charge in [0.1, 0.15) is 0 Å². The van der Waals surface area contributed by atoms with Gasteiger partial charge in [0, 0.05) is 6.61 Å². The first-order chi connectivity index (χ1) is 6.08. The van der Waals surface area contributed by atoms with Gasteiger partial charge in [-0.15, -0.1) is 6.42 Å². The summed E-state index contributed by atoms with van der Waals surface area (Å²) in [5.74, 6) is 2.73. The number of rotatable bonds is 6. The Morgan fingerprint density at radius 3 is 2.46 bits per heavy atom. The highest BCUT2D eigenvalue weighted by Gasteiger charge is 2.27. The van der Waals surface area contributed by atoms with Crippen molar-refractivity contribution in [2.24, 2.45) is 0 Å². The minimum absolute atomic E-state index is 0.00704. The Morgan fingerprint density at radius 1 is 1.46 bits per heavy atom. The molecule has 0 amide bonds. The molecule has 0 heterocycles. The van der Waals surface area contributed by atoms with Crippen LogP contribution in [0.3, 0.4) is 0 Å². The minimum atomic E-state index is -0.279. The lowest BCUT2D eigenvalue weighted by molar-refractivity contribution is -0.0244. The predicted octanol–water partition coefficient (Wildman–Crippen LogP) is 1.80. The zero-order valence-electron chi connectivity index (χ0n) is 9.18. The van der Waals surface area contributed by atoms with Crippen LogP contribution in [0.5, 0.6) is 0 Å². The van der Waals surface area contributed by atoms with Gasteiger partial charge in [-0.3, -0.25) is 0 Å². The Kier molecular flexibility index (Phi) is 5.77. The molecular formula is C11H21NO. The molecule has 2 heteroatoms. The average Bonchev–Trinajstić information content (AvgIpc) is 2.05. The Morgan fingerprint density at radius 2 is 2.08 bits per heavy atom. The van der Waals surface area contributed by atoms with Gasteiger partial charge in [0.05, 0.1) is 11.6 Å². The fourth-order valence-corrected chi connectivity index (χ4v) is 1.25. The third kappa shape index (κ3) is 4.31. The van der Waals surface area contributed by atoms with Crippen molar-refractivity contribution in [3.63, 3.8) is 0 Å². The molecule has 1 atom stereocenters. The van der Waals surface area contributed by atoms with Gasteiger partial charge in [0.2, 0.25) is 0 Å². The van der Waals surface area contributed by atoms with E-state index in [2.05, 4.69) is 18.2 Å². The summed E-state index contributed by atoms with van der Waals surface area (Å²) in [6.45, 7) is 9.77. The summed E-state index contributed by atoms with van der Waals surface area (Å²) in [5, 5.41) is 3.28. The summed E-state index contributed by atoms with van der Waals surface area (Å²) in [4.78, 5) is 0. The summed E-state index contributed by atoms with van der Waals surface area (Å²) >= 11 is 0. The molecule has 13 heavy (non-hydrogen) atoms. The monoisotopic (exact) mass is 183 g/mol. The molecule has 0 fully saturated rings. The van der Waals surface area contributed by atoms with Crippen LogP contribution in [0, 0.1) is 12.3 Å². The normalized spacial score (nSPS) is 13.8. The fourth-order valence-electron chi connectivity index (χ4n) is 1.25. The first-order valence-electron chi connectivity index (χ1n) is 4.92. The molecule has 0 aromatic carbocycles. The molecule has 0 spiro atoms. The SMILES string of the molecule is C#CC(NCCC)C(C)(C)OCC. The van der Waals surface area contributed by atoms with Gasteiger partial charge in [-0.05, 0) is 33.7 Å². The minimum Gasteiger partial charge on any atom is -0.373 e. The maximum Gasteiger partial charge on any atom is 0.0975 e. The van der Waals surface area contributed by atoms with E-state index in [0.29, 0.717) is 6.61 Å². The van der Waals surface area contributed by atoms with Gasteiger partial charge < -0.3 is 10.1 Å². The highest BCUT2D eigenvalue weighted by molar-refractivity contribution is 5.07. The van der Waals surface area contributed by atoms with E-state index in [1.807, 2.05) is 20.8 Å². The van der Waals surface area contributed by atoms with E-state index in [0.717, 1.165) is 13.0 Å². The molecule has 0 rings (SSSR count). The Labute approximate surface area is 82.1 Å². The second kappa shape index (κ2) is 6.01. The number of hydrogen-bond donors (Lipinski definition) is 1. The standard InChI is InChI=1S/C11H21NO/c1-6-9-12-10(7-2)11(4,5)13-8-3/h2,10,12H,6,8-9H2,1,3-5H3. The van der Waals surface area contributed by atoms with Crippen molar-refractivity contribution in [2.45, 2.75) is 45.8 Å². The van der Waals surface area contributed by atoms with Gasteiger partial charge in [-0.2, -0.15) is 0 Å². The van der Waals surface area contributed by atoms with Crippen molar-refractivity contribution in [3.05, 3.63) is 0 Å². The van der Waals surface area contributed by atoms with Crippen molar-refractivity contribution in [1.82, 2.24) is 5.32 Å². The van der Waals surface area contributed by atoms with E-state index < -0.39 is 0 Å². The number of nitrogens with one attached hydrogen (secondary N) is 1. The predicted molar refractivity (Wildman–Crippen MR) is 56.6 cm³/mol. The van der Waals surface area contributed by atoms with E-state index in [-0.39, 0.29) is 11.6 Å². The van der Waals surface area contributed by atoms with Crippen LogP contribution in [-0.4, -0.2) is 24.8 Å². The molecule has 1 unspecified atom stereocenters. The van der Waals surface area contributed by atoms with Crippen LogP contribution >= 0.6 is 0 Å². The van der Waals surface area contributed by atoms with Gasteiger partial charge in [-0.25, -0.2) is 0 Å². The van der Waals surface area contributed by atoms with E-state index in [1.165, 1.54) is 0 Å². The second-order valence-corrected chi connectivity index (χ2v) is 3.59. The van der Waals surface area contributed by atoms with Crippen LogP contribution in [0.15, 0.2) is 0 Å². The molecule has 0 aliphatic carbocycles. The van der Waals surface area contributed by atoms with Crippen molar-refractivity contribution < 1.29 is 4.74 Å². The summed E-state index contributed by atoms with van der Waals surface area (Å²) < 4.78 is 5.57. The molecule has 0 saturated heterocycles. The quantitative estimate of drug-likeness (QED) is 0.634. The van der Waals surface area contributed by atoms with E-state index in [1.54, 1.807) is 0 Å². The van der Waals surface area contributed by atoms with Gasteiger partial charge in [0.25, 0.3) is 0 Å². The highest BCUT2D eigenvalue weighted by Crippen LogP contribution is 2.14. The molecule has 76 valence electrons. The molecule has 0 aromatic rings. The van der Waals surface area contributed by atoms with Crippen LogP contribution in [0.25, 0.3) is 0 Å². The maximum atomic E-state index is 5.57. The zero-order valence-corrected chi connectivity index (χ0v) is 9.18. The average molecular weight is 183 g/mol. The van der Waals surface area contributed by atoms with E-state index in [4.69, 9.17) is 11.2 Å². The van der Waals surface area contributed by atoms with E-state index >= 15 is 0 Å². The maximum absolute atomic E-state index is 5.57. The summed E-state index contributed by atoms with van der Waals surface area (Å²) in [6.07, 6.45) is 6.52. The lowest BCUT2D eigenvalue weighted by Crippen LogP contribution is -2.48. The summed E-state index contributed by atoms with van der Waals surface area (Å²) in [6, 6.07) is -0.00704. The molecule has 0 bridgehead atoms. The molecule has 0 saturated carbocycles. The molecule has 2 nitrogen and oxygen atoms in total. The smallest absolute Gasteiger partial charge is 0.0975 e. The molecular weight excluding hydrogens is 162 g/mol. The first-order valence-corrected chi connectivity index (χ1v) is 4.92. The Bertz CT molecular complexity index is 169. The highest BCUT2D eigenvalue weighted by atomic mass is 16.5. The number of ether oxygens (including phenoxy) is 1. The van der Waals surface area contributed by atoms with Crippen LogP contribution in [0.2, 0.25) is 0 Å². The third-order valence-corrected chi connectivity index (χ3v) is 1.98. The fraction of sp³-hybridized carbons (Fsp3) is 0.818. The van der Waals surface area contributed by atoms with Crippen molar-refractivity contribution in [3.8, 4) is 12.3 Å². The van der Waals surface area contributed by atoms with E-state index in [9.17, 15) is 0 Å². The summed E-state index contributed by atoms with van der Waals surface area (Å²) in [7, 11) is 0. The van der Waals surface area contributed by atoms with Crippen molar-refractivity contribution >= 4 is 0 Å². The lowest BCUT2D eigenvalue weighted by atomic mass is 9.99. The third-order valence-electron chi connectivity index (χ3n) is 1.98. The topological polar surface area (TPSA) is 21.3 Å². The summed E-state index contributed by atoms with van der Waals surface area (Å²) in [5.41, 5.74) is -0.279. The van der Waals surface area contributed by atoms with Gasteiger partial charge in [0.15, 0.2) is 0 Å². The molecule has 0 radical (unpaired) electrons. The van der Waals surface area contributed by atoms with Crippen LogP contribution in [-0.2, 0) is 4.74 Å². The van der Waals surface area contributed by atoms with Crippen LogP contribution in [0.1, 0.15) is 34.1 Å². The molecule has 0 aliphatic rings. The first kappa shape index (κ1) is 12.5. The van der Waals surface area contributed by atoms with Crippen LogP contribution < -0.4 is 5.32 Å². The van der Waals surface area contributed by atoms with Gasteiger partial charge in [-0.1, -0.05) is 12.8 Å². The molecule has 1 N–H and O–H groups in total. The van der Waals surface area contributed by atoms with Crippen molar-refractivity contribution in [2.75, 3.05) is 13.2 Å². The Hall–Kier alpha value is -0.520. The largest absolute Gasteiger partial charge is 0.373 e. The van der Waals surface area contributed by atoms with Crippen LogP contribution in [0.4, 0.5) is 0 Å². The number of hydrogen-bond acceptors (Lipinski definition) is 2. The van der Waals surface area contributed by atoms with Gasteiger partial charge >= 0.3 is 0 Å². The molecule has 0 aliphatic heterocycles. The second-order valence-electron chi connectivity index (χ2n) is 3.59. The molecule has 0 aromatic heterocycles. The zero-order chi connectivity index (χ0) is 10.3. The number of terminal acetylenes is 1. The van der Waals surface area contributed by atoms with Crippen molar-refractivity contribution in [1.29, 1.82) is 0 Å². The lowest BCUT2D eigenvalue weighted by Gasteiger charge is -2.31. The Balaban J connectivity index is 4.13.